The first-order valence-electron chi connectivity index (χ1n) is 13.2. The lowest BCUT2D eigenvalue weighted by atomic mass is 10.1. The molecular formula is C30H34N4O4S. The number of carbonyl (C=O) groups is 1. The van der Waals surface area contributed by atoms with Gasteiger partial charge in [-0.2, -0.15) is 5.10 Å². The molecule has 0 aliphatic carbocycles. The fraction of sp³-hybridized carbons (Fsp3) is 0.333. The van der Waals surface area contributed by atoms with Crippen LogP contribution in [0.15, 0.2) is 47.8 Å². The highest BCUT2D eigenvalue weighted by Gasteiger charge is 2.23. The van der Waals surface area contributed by atoms with Gasteiger partial charge in [0.2, 0.25) is 0 Å². The monoisotopic (exact) mass is 546 g/mol. The highest BCUT2D eigenvalue weighted by molar-refractivity contribution is 7.12. The number of rotatable bonds is 11. The lowest BCUT2D eigenvalue weighted by Gasteiger charge is -2.22. The number of carbonyl (C=O) groups excluding carboxylic acids is 1. The van der Waals surface area contributed by atoms with Crippen molar-refractivity contribution in [3.05, 3.63) is 69.5 Å². The van der Waals surface area contributed by atoms with Crippen LogP contribution in [0.1, 0.15) is 45.8 Å². The van der Waals surface area contributed by atoms with Crippen molar-refractivity contribution in [2.75, 3.05) is 38.7 Å². The zero-order valence-electron chi connectivity index (χ0n) is 22.3. The third kappa shape index (κ3) is 6.00. The normalized spacial score (nSPS) is 15.8. The number of benzene rings is 2. The highest BCUT2D eigenvalue weighted by Crippen LogP contribution is 2.40. The molecule has 1 fully saturated rings. The number of thiophene rings is 1. The number of para-hydroxylation sites is 1. The molecule has 0 radical (unpaired) electrons. The summed E-state index contributed by atoms with van der Waals surface area (Å²) >= 11 is 1.41. The summed E-state index contributed by atoms with van der Waals surface area (Å²) in [4.78, 5) is 16.2. The van der Waals surface area contributed by atoms with Gasteiger partial charge in [0.15, 0.2) is 11.5 Å². The van der Waals surface area contributed by atoms with Gasteiger partial charge in [0, 0.05) is 23.5 Å². The molecule has 3 heterocycles. The van der Waals surface area contributed by atoms with E-state index in [2.05, 4.69) is 20.4 Å². The van der Waals surface area contributed by atoms with Crippen LogP contribution >= 0.6 is 11.3 Å². The summed E-state index contributed by atoms with van der Waals surface area (Å²) in [6, 6.07) is 13.9. The van der Waals surface area contributed by atoms with Crippen molar-refractivity contribution in [3.8, 4) is 11.5 Å². The topological polar surface area (TPSA) is 99.7 Å². The number of aromatic amines is 1. The lowest BCUT2D eigenvalue weighted by molar-refractivity contribution is 0.102. The number of aromatic nitrogens is 2. The van der Waals surface area contributed by atoms with Gasteiger partial charge >= 0.3 is 0 Å². The minimum atomic E-state index is -0.193. The van der Waals surface area contributed by atoms with Gasteiger partial charge in [0.05, 0.1) is 42.1 Å². The highest BCUT2D eigenvalue weighted by atomic mass is 32.1. The maximum atomic E-state index is 13.2. The SMILES string of the molecule is COc1c(OCCCN2CCC[C@H]2CO)ccc(/C=C/c2n[nH]c3ccccc23)c1NC(=O)c1sccc1C. The number of fused-ring (bicyclic) bond motifs is 1. The Morgan fingerprint density at radius 2 is 2.13 bits per heavy atom. The van der Waals surface area contributed by atoms with Gasteiger partial charge < -0.3 is 19.9 Å². The Hall–Kier alpha value is -3.66. The van der Waals surface area contributed by atoms with E-state index in [4.69, 9.17) is 9.47 Å². The van der Waals surface area contributed by atoms with Crippen LogP contribution in [0.2, 0.25) is 0 Å². The van der Waals surface area contributed by atoms with E-state index in [-0.39, 0.29) is 18.6 Å². The Morgan fingerprint density at radius 1 is 1.26 bits per heavy atom. The maximum Gasteiger partial charge on any atom is 0.266 e. The molecule has 4 aromatic rings. The van der Waals surface area contributed by atoms with Crippen molar-refractivity contribution >= 4 is 46.0 Å². The maximum absolute atomic E-state index is 13.2. The van der Waals surface area contributed by atoms with Crippen LogP contribution in [0, 0.1) is 6.92 Å². The van der Waals surface area contributed by atoms with E-state index >= 15 is 0 Å². The van der Waals surface area contributed by atoms with Crippen LogP contribution in [0.4, 0.5) is 5.69 Å². The van der Waals surface area contributed by atoms with Crippen LogP contribution in [0.5, 0.6) is 11.5 Å². The van der Waals surface area contributed by atoms with Crippen molar-refractivity contribution in [3.63, 3.8) is 0 Å². The fourth-order valence-corrected chi connectivity index (χ4v) is 5.89. The summed E-state index contributed by atoms with van der Waals surface area (Å²) in [5, 5.41) is 23.1. The first kappa shape index (κ1) is 26.9. The third-order valence-electron chi connectivity index (χ3n) is 7.14. The first-order valence-corrected chi connectivity index (χ1v) is 14.1. The summed E-state index contributed by atoms with van der Waals surface area (Å²) in [6.07, 6.45) is 6.84. The number of hydrogen-bond acceptors (Lipinski definition) is 7. The van der Waals surface area contributed by atoms with Gasteiger partial charge in [0.1, 0.15) is 0 Å². The van der Waals surface area contributed by atoms with E-state index in [0.29, 0.717) is 28.7 Å². The lowest BCUT2D eigenvalue weighted by Crippen LogP contribution is -2.33. The molecule has 2 aromatic heterocycles. The Labute approximate surface area is 232 Å². The van der Waals surface area contributed by atoms with E-state index in [1.165, 1.54) is 11.3 Å². The first-order chi connectivity index (χ1) is 19.1. The average Bonchev–Trinajstić information content (AvgIpc) is 3.70. The Morgan fingerprint density at radius 3 is 2.92 bits per heavy atom. The molecule has 1 amide bonds. The second-order valence-electron chi connectivity index (χ2n) is 9.65. The van der Waals surface area contributed by atoms with Crippen molar-refractivity contribution in [1.29, 1.82) is 0 Å². The molecule has 9 heteroatoms. The predicted octanol–water partition coefficient (Wildman–Crippen LogP) is 5.59. The molecular weight excluding hydrogens is 512 g/mol. The van der Waals surface area contributed by atoms with Gasteiger partial charge in [-0.25, -0.2) is 0 Å². The molecule has 3 N–H and O–H groups in total. The average molecular weight is 547 g/mol. The Bertz CT molecular complexity index is 1460. The van der Waals surface area contributed by atoms with E-state index < -0.39 is 0 Å². The number of ether oxygens (including phenoxy) is 2. The van der Waals surface area contributed by atoms with Crippen molar-refractivity contribution in [2.24, 2.45) is 0 Å². The summed E-state index contributed by atoms with van der Waals surface area (Å²) in [7, 11) is 1.58. The molecule has 1 aliphatic rings. The van der Waals surface area contributed by atoms with Gasteiger partial charge in [-0.15, -0.1) is 11.3 Å². The number of aliphatic hydroxyl groups is 1. The zero-order valence-corrected chi connectivity index (χ0v) is 23.1. The van der Waals surface area contributed by atoms with Crippen LogP contribution < -0.4 is 14.8 Å². The van der Waals surface area contributed by atoms with Crippen LogP contribution in [0.25, 0.3) is 23.1 Å². The van der Waals surface area contributed by atoms with Gasteiger partial charge in [-0.1, -0.05) is 24.3 Å². The molecule has 1 atom stereocenters. The van der Waals surface area contributed by atoms with Crippen molar-refractivity contribution < 1.29 is 19.4 Å². The summed E-state index contributed by atoms with van der Waals surface area (Å²) < 4.78 is 12.0. The van der Waals surface area contributed by atoms with Crippen LogP contribution in [-0.2, 0) is 0 Å². The molecule has 0 spiro atoms. The number of nitrogens with zero attached hydrogens (tertiary/aromatic N) is 2. The summed E-state index contributed by atoms with van der Waals surface area (Å²) in [5.41, 5.74) is 4.01. The smallest absolute Gasteiger partial charge is 0.266 e. The number of aryl methyl sites for hydroxylation is 1. The Balaban J connectivity index is 1.39. The molecule has 39 heavy (non-hydrogen) atoms. The second-order valence-corrected chi connectivity index (χ2v) is 10.6. The minimum Gasteiger partial charge on any atom is -0.491 e. The Kier molecular flexibility index (Phi) is 8.61. The second kappa shape index (κ2) is 12.5. The van der Waals surface area contributed by atoms with E-state index in [1.807, 2.05) is 66.9 Å². The number of amides is 1. The van der Waals surface area contributed by atoms with E-state index in [1.54, 1.807) is 7.11 Å². The minimum absolute atomic E-state index is 0.193. The number of aliphatic hydroxyl groups excluding tert-OH is 1. The van der Waals surface area contributed by atoms with Gasteiger partial charge in [-0.3, -0.25) is 14.8 Å². The molecule has 0 unspecified atom stereocenters. The molecule has 204 valence electrons. The largest absolute Gasteiger partial charge is 0.491 e. The number of anilines is 1. The molecule has 0 bridgehead atoms. The third-order valence-corrected chi connectivity index (χ3v) is 8.16. The number of methoxy groups -OCH3 is 1. The van der Waals surface area contributed by atoms with Crippen LogP contribution in [-0.4, -0.2) is 65.6 Å². The van der Waals surface area contributed by atoms with Crippen molar-refractivity contribution in [2.45, 2.75) is 32.2 Å². The van der Waals surface area contributed by atoms with Gasteiger partial charge in [0.25, 0.3) is 5.91 Å². The number of hydrogen-bond donors (Lipinski definition) is 3. The fourth-order valence-electron chi connectivity index (χ4n) is 5.07. The van der Waals surface area contributed by atoms with Crippen LogP contribution in [0.3, 0.4) is 0 Å². The number of nitrogens with one attached hydrogen (secondary N) is 2. The number of H-pyrrole nitrogens is 1. The van der Waals surface area contributed by atoms with E-state index in [9.17, 15) is 9.90 Å². The summed E-state index contributed by atoms with van der Waals surface area (Å²) in [6.45, 7) is 4.50. The molecule has 2 aromatic carbocycles. The molecule has 1 saturated heterocycles. The molecule has 0 saturated carbocycles. The van der Waals surface area contributed by atoms with E-state index in [0.717, 1.165) is 60.1 Å². The van der Waals surface area contributed by atoms with Crippen molar-refractivity contribution in [1.82, 2.24) is 15.1 Å². The molecule has 8 nitrogen and oxygen atoms in total. The quantitative estimate of drug-likeness (QED) is 0.212. The predicted molar refractivity (Wildman–Crippen MR) is 157 cm³/mol. The van der Waals surface area contributed by atoms with Gasteiger partial charge in [-0.05, 0) is 74.0 Å². The number of likely N-dealkylation sites (tertiary alicyclic amines) is 1. The molecule has 5 rings (SSSR count). The summed E-state index contributed by atoms with van der Waals surface area (Å²) in [5.74, 6) is 0.848. The standard InChI is InChI=1S/C30H34N4O4S/c1-20-14-18-39-29(20)30(36)31-27-21(10-12-25-23-8-3-4-9-24(23)32-33-25)11-13-26(28(27)37-2)38-17-6-16-34-15-5-7-22(34)19-35/h3-4,8-14,18,22,35H,5-7,15-17,19H2,1-2H3,(H,31,36)(H,32,33)/b12-10+/t22-/m0/s1. The zero-order chi connectivity index (χ0) is 27.2. The molecule has 1 aliphatic heterocycles.